The summed E-state index contributed by atoms with van der Waals surface area (Å²) in [6, 6.07) is 0.442. The molecule has 0 spiro atoms. The molecule has 3 heteroatoms. The molecule has 1 N–H and O–H groups in total. The van der Waals surface area contributed by atoms with Crippen molar-refractivity contribution in [3.63, 3.8) is 0 Å². The first kappa shape index (κ1) is 12.5. The molecule has 15 heavy (non-hydrogen) atoms. The highest BCUT2D eigenvalue weighted by molar-refractivity contribution is 5.82. The summed E-state index contributed by atoms with van der Waals surface area (Å²) >= 11 is 0. The van der Waals surface area contributed by atoms with Crippen molar-refractivity contribution in [2.24, 2.45) is 4.99 Å². The predicted octanol–water partition coefficient (Wildman–Crippen LogP) is 2.36. The van der Waals surface area contributed by atoms with E-state index in [1.807, 2.05) is 0 Å². The van der Waals surface area contributed by atoms with Crippen LogP contribution in [0.1, 0.15) is 45.4 Å². The Morgan fingerprint density at radius 1 is 1.40 bits per heavy atom. The molecule has 1 atom stereocenters. The number of ether oxygens (including phenoxy) is 1. The van der Waals surface area contributed by atoms with E-state index in [0.29, 0.717) is 6.04 Å². The average Bonchev–Trinajstić information content (AvgIpc) is 2.47. The van der Waals surface area contributed by atoms with Gasteiger partial charge in [-0.25, -0.2) is 0 Å². The fourth-order valence-electron chi connectivity index (χ4n) is 1.97. The number of nitrogens with zero attached hydrogens (tertiary/aromatic N) is 1. The fraction of sp³-hybridized carbons (Fsp3) is 0.917. The third-order valence-electron chi connectivity index (χ3n) is 2.75. The first-order valence-electron chi connectivity index (χ1n) is 6.15. The van der Waals surface area contributed by atoms with Gasteiger partial charge >= 0.3 is 0 Å². The van der Waals surface area contributed by atoms with Crippen molar-refractivity contribution in [1.82, 2.24) is 5.32 Å². The lowest BCUT2D eigenvalue weighted by atomic mass is 10.1. The van der Waals surface area contributed by atoms with E-state index in [1.165, 1.54) is 31.5 Å². The van der Waals surface area contributed by atoms with E-state index in [-0.39, 0.29) is 0 Å². The van der Waals surface area contributed by atoms with E-state index < -0.39 is 0 Å². The largest absolute Gasteiger partial charge is 0.383 e. The summed E-state index contributed by atoms with van der Waals surface area (Å²) in [4.78, 5) is 4.58. The third-order valence-corrected chi connectivity index (χ3v) is 2.75. The SMILES string of the molecule is CCCC(COC)NC1=NCCCCC1. The molecule has 0 amide bonds. The van der Waals surface area contributed by atoms with Gasteiger partial charge in [0.15, 0.2) is 0 Å². The molecule has 0 aliphatic carbocycles. The smallest absolute Gasteiger partial charge is 0.0965 e. The Bertz CT molecular complexity index is 186. The van der Waals surface area contributed by atoms with Crippen LogP contribution in [0.5, 0.6) is 0 Å². The van der Waals surface area contributed by atoms with Crippen LogP contribution < -0.4 is 5.32 Å². The maximum Gasteiger partial charge on any atom is 0.0965 e. The Morgan fingerprint density at radius 3 is 3.00 bits per heavy atom. The zero-order valence-corrected chi connectivity index (χ0v) is 10.1. The molecule has 0 aromatic rings. The normalized spacial score (nSPS) is 19.2. The van der Waals surface area contributed by atoms with Gasteiger partial charge in [-0.15, -0.1) is 0 Å². The van der Waals surface area contributed by atoms with Crippen LogP contribution in [0.4, 0.5) is 0 Å². The Kier molecular flexibility index (Phi) is 6.41. The maximum atomic E-state index is 5.21. The van der Waals surface area contributed by atoms with Gasteiger partial charge in [0.2, 0.25) is 0 Å². The predicted molar refractivity (Wildman–Crippen MR) is 64.5 cm³/mol. The van der Waals surface area contributed by atoms with Gasteiger partial charge in [-0.3, -0.25) is 4.99 Å². The Labute approximate surface area is 93.3 Å². The quantitative estimate of drug-likeness (QED) is 0.759. The van der Waals surface area contributed by atoms with Crippen LogP contribution in [-0.2, 0) is 4.74 Å². The molecule has 1 unspecified atom stereocenters. The van der Waals surface area contributed by atoms with Crippen molar-refractivity contribution in [2.75, 3.05) is 20.3 Å². The Hall–Kier alpha value is -0.570. The van der Waals surface area contributed by atoms with Crippen molar-refractivity contribution < 1.29 is 4.74 Å². The molecule has 1 aliphatic heterocycles. The highest BCUT2D eigenvalue weighted by Crippen LogP contribution is 2.07. The second-order valence-corrected chi connectivity index (χ2v) is 4.22. The average molecular weight is 212 g/mol. The maximum absolute atomic E-state index is 5.21. The molecular formula is C12H24N2O. The van der Waals surface area contributed by atoms with Crippen LogP contribution in [-0.4, -0.2) is 32.1 Å². The van der Waals surface area contributed by atoms with Crippen LogP contribution in [0.25, 0.3) is 0 Å². The second-order valence-electron chi connectivity index (χ2n) is 4.22. The number of aliphatic imine (C=N–C) groups is 1. The number of rotatable bonds is 5. The lowest BCUT2D eigenvalue weighted by Crippen LogP contribution is -2.37. The van der Waals surface area contributed by atoms with Gasteiger partial charge in [0.1, 0.15) is 0 Å². The number of amidine groups is 1. The Balaban J connectivity index is 2.37. The van der Waals surface area contributed by atoms with Crippen LogP contribution in [0.15, 0.2) is 4.99 Å². The van der Waals surface area contributed by atoms with Crippen LogP contribution in [0.2, 0.25) is 0 Å². The summed E-state index contributed by atoms with van der Waals surface area (Å²) < 4.78 is 5.21. The minimum Gasteiger partial charge on any atom is -0.383 e. The minimum atomic E-state index is 0.442. The molecule has 1 heterocycles. The number of methoxy groups -OCH3 is 1. The van der Waals surface area contributed by atoms with Gasteiger partial charge in [0, 0.05) is 20.1 Å². The van der Waals surface area contributed by atoms with Crippen LogP contribution >= 0.6 is 0 Å². The van der Waals surface area contributed by atoms with Crippen molar-refractivity contribution >= 4 is 5.84 Å². The molecule has 0 aromatic carbocycles. The molecule has 1 aliphatic rings. The van der Waals surface area contributed by atoms with Crippen LogP contribution in [0, 0.1) is 0 Å². The summed E-state index contributed by atoms with van der Waals surface area (Å²) in [5.74, 6) is 1.20. The minimum absolute atomic E-state index is 0.442. The van der Waals surface area contributed by atoms with E-state index in [2.05, 4.69) is 17.2 Å². The summed E-state index contributed by atoms with van der Waals surface area (Å²) in [5, 5.41) is 3.52. The highest BCUT2D eigenvalue weighted by Gasteiger charge is 2.10. The molecule has 0 saturated carbocycles. The third kappa shape index (κ3) is 5.17. The second kappa shape index (κ2) is 7.69. The molecule has 1 rings (SSSR count). The standard InChI is InChI=1S/C12H24N2O/c1-3-7-11(10-15-2)14-12-8-5-4-6-9-13-12/h11H,3-10H2,1-2H3,(H,13,14). The zero-order valence-electron chi connectivity index (χ0n) is 10.1. The van der Waals surface area contributed by atoms with Crippen molar-refractivity contribution in [1.29, 1.82) is 0 Å². The number of hydrogen-bond donors (Lipinski definition) is 1. The summed E-state index contributed by atoms with van der Waals surface area (Å²) in [6.45, 7) is 3.99. The summed E-state index contributed by atoms with van der Waals surface area (Å²) in [7, 11) is 1.76. The van der Waals surface area contributed by atoms with Gasteiger partial charge in [-0.1, -0.05) is 19.8 Å². The molecular weight excluding hydrogens is 188 g/mol. The number of nitrogens with one attached hydrogen (secondary N) is 1. The first-order chi connectivity index (χ1) is 7.36. The summed E-state index contributed by atoms with van der Waals surface area (Å²) in [6.07, 6.45) is 7.30. The fourth-order valence-corrected chi connectivity index (χ4v) is 1.97. The van der Waals surface area contributed by atoms with E-state index in [9.17, 15) is 0 Å². The zero-order chi connectivity index (χ0) is 10.9. The Morgan fingerprint density at radius 2 is 2.27 bits per heavy atom. The molecule has 88 valence electrons. The van der Waals surface area contributed by atoms with E-state index in [0.717, 1.165) is 26.0 Å². The van der Waals surface area contributed by atoms with Gasteiger partial charge < -0.3 is 10.1 Å². The molecule has 0 aromatic heterocycles. The molecule has 3 nitrogen and oxygen atoms in total. The molecule has 0 radical (unpaired) electrons. The van der Waals surface area contributed by atoms with E-state index in [1.54, 1.807) is 7.11 Å². The topological polar surface area (TPSA) is 33.6 Å². The van der Waals surface area contributed by atoms with E-state index in [4.69, 9.17) is 4.74 Å². The highest BCUT2D eigenvalue weighted by atomic mass is 16.5. The summed E-state index contributed by atoms with van der Waals surface area (Å²) in [5.41, 5.74) is 0. The first-order valence-corrected chi connectivity index (χ1v) is 6.15. The number of hydrogen-bond acceptors (Lipinski definition) is 3. The van der Waals surface area contributed by atoms with Crippen molar-refractivity contribution in [2.45, 2.75) is 51.5 Å². The monoisotopic (exact) mass is 212 g/mol. The van der Waals surface area contributed by atoms with Gasteiger partial charge in [-0.05, 0) is 19.3 Å². The lowest BCUT2D eigenvalue weighted by molar-refractivity contribution is 0.169. The molecule has 0 fully saturated rings. The van der Waals surface area contributed by atoms with Gasteiger partial charge in [0.05, 0.1) is 18.5 Å². The van der Waals surface area contributed by atoms with Gasteiger partial charge in [0.25, 0.3) is 0 Å². The van der Waals surface area contributed by atoms with Crippen molar-refractivity contribution in [3.05, 3.63) is 0 Å². The molecule has 0 bridgehead atoms. The van der Waals surface area contributed by atoms with Crippen molar-refractivity contribution in [3.8, 4) is 0 Å². The van der Waals surface area contributed by atoms with Crippen LogP contribution in [0.3, 0.4) is 0 Å². The molecule has 0 saturated heterocycles. The van der Waals surface area contributed by atoms with Gasteiger partial charge in [-0.2, -0.15) is 0 Å². The van der Waals surface area contributed by atoms with E-state index >= 15 is 0 Å². The lowest BCUT2D eigenvalue weighted by Gasteiger charge is -2.19.